The summed E-state index contributed by atoms with van der Waals surface area (Å²) in [5, 5.41) is 0. The normalized spacial score (nSPS) is 17.7. The van der Waals surface area contributed by atoms with Crippen molar-refractivity contribution < 1.29 is 9.53 Å². The maximum Gasteiger partial charge on any atom is 0.314 e. The fourth-order valence-corrected chi connectivity index (χ4v) is 3.76. The Kier molecular flexibility index (Phi) is 6.96. The Morgan fingerprint density at radius 3 is 2.46 bits per heavy atom. The molecule has 0 fully saturated rings. The minimum atomic E-state index is -0.189. The summed E-state index contributed by atoms with van der Waals surface area (Å²) < 4.78 is 5.48. The number of carbonyl (C=O) groups is 1. The van der Waals surface area contributed by atoms with Crippen molar-refractivity contribution in [3.63, 3.8) is 0 Å². The molecular formula is C24H30N2O2. The molecular weight excluding hydrogens is 348 g/mol. The van der Waals surface area contributed by atoms with Gasteiger partial charge in [-0.1, -0.05) is 56.2 Å². The average Bonchev–Trinajstić information content (AvgIpc) is 2.73. The van der Waals surface area contributed by atoms with Crippen LogP contribution in [0.5, 0.6) is 5.75 Å². The highest BCUT2D eigenvalue weighted by Crippen LogP contribution is 2.27. The van der Waals surface area contributed by atoms with Crippen molar-refractivity contribution >= 4 is 5.97 Å². The summed E-state index contributed by atoms with van der Waals surface area (Å²) >= 11 is 0. The average molecular weight is 379 g/mol. The number of allylic oxidation sites excluding steroid dienone is 2. The van der Waals surface area contributed by atoms with E-state index in [1.807, 2.05) is 0 Å². The van der Waals surface area contributed by atoms with Crippen LogP contribution in [0.2, 0.25) is 0 Å². The molecule has 0 amide bonds. The summed E-state index contributed by atoms with van der Waals surface area (Å²) in [4.78, 5) is 21.1. The first-order valence-corrected chi connectivity index (χ1v) is 10.4. The molecule has 3 rings (SSSR count). The lowest BCUT2D eigenvalue weighted by molar-refractivity contribution is -0.139. The second-order valence-corrected chi connectivity index (χ2v) is 7.70. The SMILES string of the molecule is CCCC(CC)c1ccc(-c2ncc(OC(=O)C3CC=C(C)CC3)cn2)cc1. The van der Waals surface area contributed by atoms with Crippen LogP contribution >= 0.6 is 0 Å². The molecule has 28 heavy (non-hydrogen) atoms. The third-order valence-electron chi connectivity index (χ3n) is 5.59. The first-order valence-electron chi connectivity index (χ1n) is 10.4. The van der Waals surface area contributed by atoms with Gasteiger partial charge in [0.2, 0.25) is 0 Å². The molecule has 0 spiro atoms. The molecule has 148 valence electrons. The van der Waals surface area contributed by atoms with E-state index in [2.05, 4.69) is 61.1 Å². The van der Waals surface area contributed by atoms with Crippen LogP contribution in [0.3, 0.4) is 0 Å². The van der Waals surface area contributed by atoms with E-state index in [4.69, 9.17) is 4.74 Å². The number of aromatic nitrogens is 2. The number of hydrogen-bond acceptors (Lipinski definition) is 4. The number of carbonyl (C=O) groups excluding carboxylic acids is 1. The van der Waals surface area contributed by atoms with E-state index in [9.17, 15) is 4.79 Å². The zero-order valence-electron chi connectivity index (χ0n) is 17.1. The van der Waals surface area contributed by atoms with E-state index in [-0.39, 0.29) is 11.9 Å². The Labute approximate surface area is 168 Å². The zero-order chi connectivity index (χ0) is 19.9. The first-order chi connectivity index (χ1) is 13.6. The van der Waals surface area contributed by atoms with Gasteiger partial charge >= 0.3 is 5.97 Å². The van der Waals surface area contributed by atoms with Crippen LogP contribution in [0, 0.1) is 5.92 Å². The second-order valence-electron chi connectivity index (χ2n) is 7.70. The van der Waals surface area contributed by atoms with Crippen LogP contribution in [-0.2, 0) is 4.79 Å². The van der Waals surface area contributed by atoms with Gasteiger partial charge in [0.15, 0.2) is 11.6 Å². The molecule has 0 bridgehead atoms. The highest BCUT2D eigenvalue weighted by atomic mass is 16.5. The molecule has 2 aromatic rings. The van der Waals surface area contributed by atoms with Crippen LogP contribution in [0.25, 0.3) is 11.4 Å². The van der Waals surface area contributed by atoms with E-state index in [1.165, 1.54) is 24.0 Å². The van der Waals surface area contributed by atoms with Gasteiger partial charge in [0.1, 0.15) is 0 Å². The Bertz CT molecular complexity index is 810. The van der Waals surface area contributed by atoms with Crippen molar-refractivity contribution in [1.82, 2.24) is 9.97 Å². The maximum atomic E-state index is 12.3. The molecule has 1 aliphatic carbocycles. The summed E-state index contributed by atoms with van der Waals surface area (Å²) in [5.41, 5.74) is 3.69. The highest BCUT2D eigenvalue weighted by molar-refractivity contribution is 5.75. The van der Waals surface area contributed by atoms with E-state index in [0.717, 1.165) is 31.2 Å². The second kappa shape index (κ2) is 9.63. The maximum absolute atomic E-state index is 12.3. The standard InChI is InChI=1S/C24H30N2O2/c1-4-6-18(5-2)19-11-13-20(14-12-19)23-25-15-22(16-26-23)28-24(27)21-9-7-17(3)8-10-21/h7,11-16,18,21H,4-6,8-10H2,1-3H3. The number of ether oxygens (including phenoxy) is 1. The van der Waals surface area contributed by atoms with Gasteiger partial charge in [-0.15, -0.1) is 0 Å². The molecule has 0 saturated heterocycles. The fourth-order valence-electron chi connectivity index (χ4n) is 3.76. The van der Waals surface area contributed by atoms with Crippen LogP contribution in [-0.4, -0.2) is 15.9 Å². The summed E-state index contributed by atoms with van der Waals surface area (Å²) in [7, 11) is 0. The molecule has 0 saturated carbocycles. The molecule has 1 aromatic heterocycles. The van der Waals surface area contributed by atoms with Gasteiger partial charge in [0.05, 0.1) is 18.3 Å². The number of esters is 1. The summed E-state index contributed by atoms with van der Waals surface area (Å²) in [6.07, 6.45) is 11.4. The Morgan fingerprint density at radius 1 is 1.18 bits per heavy atom. The zero-order valence-corrected chi connectivity index (χ0v) is 17.1. The van der Waals surface area contributed by atoms with E-state index in [0.29, 0.717) is 17.5 Å². The minimum Gasteiger partial charge on any atom is -0.423 e. The van der Waals surface area contributed by atoms with Gasteiger partial charge in [-0.3, -0.25) is 4.79 Å². The molecule has 4 heteroatoms. The topological polar surface area (TPSA) is 52.1 Å². The molecule has 1 aromatic carbocycles. The lowest BCUT2D eigenvalue weighted by Gasteiger charge is -2.18. The largest absolute Gasteiger partial charge is 0.423 e. The van der Waals surface area contributed by atoms with E-state index >= 15 is 0 Å². The highest BCUT2D eigenvalue weighted by Gasteiger charge is 2.22. The quantitative estimate of drug-likeness (QED) is 0.432. The monoisotopic (exact) mass is 378 g/mol. The van der Waals surface area contributed by atoms with Crippen LogP contribution < -0.4 is 4.74 Å². The van der Waals surface area contributed by atoms with Gasteiger partial charge in [-0.25, -0.2) is 9.97 Å². The van der Waals surface area contributed by atoms with E-state index < -0.39 is 0 Å². The lowest BCUT2D eigenvalue weighted by atomic mass is 9.90. The van der Waals surface area contributed by atoms with Crippen molar-refractivity contribution in [1.29, 1.82) is 0 Å². The van der Waals surface area contributed by atoms with Gasteiger partial charge in [-0.2, -0.15) is 0 Å². The summed E-state index contributed by atoms with van der Waals surface area (Å²) in [6, 6.07) is 8.50. The Hall–Kier alpha value is -2.49. The van der Waals surface area contributed by atoms with Crippen LogP contribution in [0.15, 0.2) is 48.3 Å². The lowest BCUT2D eigenvalue weighted by Crippen LogP contribution is -2.22. The van der Waals surface area contributed by atoms with Crippen molar-refractivity contribution in [2.45, 2.75) is 65.2 Å². The van der Waals surface area contributed by atoms with Crippen molar-refractivity contribution in [3.05, 3.63) is 53.9 Å². The predicted octanol–water partition coefficient (Wildman–Crippen LogP) is 6.09. The molecule has 0 aliphatic heterocycles. The molecule has 2 unspecified atom stereocenters. The Balaban J connectivity index is 1.63. The van der Waals surface area contributed by atoms with Gasteiger partial charge < -0.3 is 4.74 Å². The van der Waals surface area contributed by atoms with Crippen molar-refractivity contribution in [3.8, 4) is 17.1 Å². The fraction of sp³-hybridized carbons (Fsp3) is 0.458. The molecule has 1 heterocycles. The molecule has 0 radical (unpaired) electrons. The first kappa shape index (κ1) is 20.2. The van der Waals surface area contributed by atoms with Crippen LogP contribution in [0.1, 0.15) is 70.8 Å². The molecule has 1 aliphatic rings. The van der Waals surface area contributed by atoms with Gasteiger partial charge in [0, 0.05) is 5.56 Å². The Morgan fingerprint density at radius 2 is 1.89 bits per heavy atom. The number of hydrogen-bond donors (Lipinski definition) is 0. The predicted molar refractivity (Wildman–Crippen MR) is 112 cm³/mol. The summed E-state index contributed by atoms with van der Waals surface area (Å²) in [5.74, 6) is 1.41. The van der Waals surface area contributed by atoms with E-state index in [1.54, 1.807) is 12.4 Å². The van der Waals surface area contributed by atoms with Gasteiger partial charge in [0.25, 0.3) is 0 Å². The number of nitrogens with zero attached hydrogens (tertiary/aromatic N) is 2. The third-order valence-corrected chi connectivity index (χ3v) is 5.59. The molecule has 0 N–H and O–H groups in total. The number of rotatable bonds is 7. The van der Waals surface area contributed by atoms with Gasteiger partial charge in [-0.05, 0) is 50.5 Å². The minimum absolute atomic E-state index is 0.0643. The van der Waals surface area contributed by atoms with Crippen molar-refractivity contribution in [2.24, 2.45) is 5.92 Å². The smallest absolute Gasteiger partial charge is 0.314 e. The van der Waals surface area contributed by atoms with Crippen LogP contribution in [0.4, 0.5) is 0 Å². The third kappa shape index (κ3) is 5.06. The van der Waals surface area contributed by atoms with Crippen molar-refractivity contribution in [2.75, 3.05) is 0 Å². The molecule has 4 nitrogen and oxygen atoms in total. The number of benzene rings is 1. The molecule has 2 atom stereocenters. The summed E-state index contributed by atoms with van der Waals surface area (Å²) in [6.45, 7) is 6.57.